The molecule has 2 N–H and O–H groups in total. The minimum atomic E-state index is 0.0864. The van der Waals surface area contributed by atoms with Crippen LogP contribution in [0.15, 0.2) is 41.0 Å². The zero-order valence-corrected chi connectivity index (χ0v) is 10.2. The number of halogens is 1. The first kappa shape index (κ1) is 11.9. The van der Waals surface area contributed by atoms with E-state index in [9.17, 15) is 5.11 Å². The van der Waals surface area contributed by atoms with Crippen LogP contribution in [-0.2, 0) is 0 Å². The Balaban J connectivity index is 2.16. The highest BCUT2D eigenvalue weighted by Gasteiger charge is 2.12. The van der Waals surface area contributed by atoms with Crippen LogP contribution >= 0.6 is 11.6 Å². The van der Waals surface area contributed by atoms with Crippen molar-refractivity contribution in [1.82, 2.24) is 0 Å². The summed E-state index contributed by atoms with van der Waals surface area (Å²) in [6.45, 7) is 2.07. The van der Waals surface area contributed by atoms with Crippen molar-refractivity contribution in [2.24, 2.45) is 0 Å². The highest BCUT2D eigenvalue weighted by Crippen LogP contribution is 2.29. The molecule has 1 aromatic carbocycles. The van der Waals surface area contributed by atoms with Crippen LogP contribution in [0.3, 0.4) is 0 Å². The van der Waals surface area contributed by atoms with Gasteiger partial charge in [0.2, 0.25) is 0 Å². The summed E-state index contributed by atoms with van der Waals surface area (Å²) in [5.74, 6) is 0.972. The number of phenols is 1. The molecule has 17 heavy (non-hydrogen) atoms. The second kappa shape index (κ2) is 5.15. The van der Waals surface area contributed by atoms with Gasteiger partial charge in [-0.25, -0.2) is 0 Å². The molecule has 2 rings (SSSR count). The Morgan fingerprint density at radius 2 is 2.24 bits per heavy atom. The van der Waals surface area contributed by atoms with E-state index in [-0.39, 0.29) is 11.8 Å². The fraction of sp³-hybridized carbons (Fsp3) is 0.231. The molecule has 0 radical (unpaired) electrons. The first-order valence-corrected chi connectivity index (χ1v) is 5.87. The number of furan rings is 1. The largest absolute Gasteiger partial charge is 0.506 e. The molecule has 0 spiro atoms. The number of aromatic hydroxyl groups is 1. The molecule has 2 aromatic rings. The maximum absolute atomic E-state index is 9.34. The third kappa shape index (κ3) is 2.74. The zero-order valence-electron chi connectivity index (χ0n) is 9.48. The molecule has 0 aliphatic rings. The Bertz CT molecular complexity index is 482. The average Bonchev–Trinajstić information content (AvgIpc) is 2.84. The van der Waals surface area contributed by atoms with Crippen LogP contribution in [0.2, 0.25) is 5.02 Å². The van der Waals surface area contributed by atoms with Crippen molar-refractivity contribution in [2.45, 2.75) is 19.4 Å². The SMILES string of the molecule is CCC(Nc1ccc(O)c(Cl)c1)c1ccco1. The molecule has 1 unspecified atom stereocenters. The lowest BCUT2D eigenvalue weighted by atomic mass is 10.1. The van der Waals surface area contributed by atoms with Crippen LogP contribution < -0.4 is 5.32 Å². The van der Waals surface area contributed by atoms with Gasteiger partial charge in [0, 0.05) is 5.69 Å². The number of phenolic OH excluding ortho intramolecular Hbond substituents is 1. The Morgan fingerprint density at radius 3 is 2.82 bits per heavy atom. The van der Waals surface area contributed by atoms with E-state index in [0.29, 0.717) is 5.02 Å². The minimum absolute atomic E-state index is 0.0864. The van der Waals surface area contributed by atoms with Crippen molar-refractivity contribution in [3.63, 3.8) is 0 Å². The molecule has 90 valence electrons. The Hall–Kier alpha value is -1.61. The van der Waals surface area contributed by atoms with Crippen LogP contribution in [0, 0.1) is 0 Å². The first-order chi connectivity index (χ1) is 8.20. The van der Waals surface area contributed by atoms with Crippen molar-refractivity contribution < 1.29 is 9.52 Å². The summed E-state index contributed by atoms with van der Waals surface area (Å²) >= 11 is 5.85. The van der Waals surface area contributed by atoms with Crippen LogP contribution in [0.1, 0.15) is 25.1 Å². The molecule has 0 bridgehead atoms. The molecule has 1 atom stereocenters. The molecule has 4 heteroatoms. The van der Waals surface area contributed by atoms with E-state index in [1.165, 1.54) is 0 Å². The molecule has 3 nitrogen and oxygen atoms in total. The predicted octanol–water partition coefficient (Wildman–Crippen LogP) is 4.20. The van der Waals surface area contributed by atoms with Crippen molar-refractivity contribution in [3.05, 3.63) is 47.4 Å². The second-order valence-corrected chi connectivity index (χ2v) is 4.19. The smallest absolute Gasteiger partial charge is 0.134 e. The maximum Gasteiger partial charge on any atom is 0.134 e. The van der Waals surface area contributed by atoms with Gasteiger partial charge in [-0.05, 0) is 36.8 Å². The van der Waals surface area contributed by atoms with Gasteiger partial charge in [0.15, 0.2) is 0 Å². The van der Waals surface area contributed by atoms with Crippen LogP contribution in [0.25, 0.3) is 0 Å². The fourth-order valence-corrected chi connectivity index (χ4v) is 1.84. The molecular weight excluding hydrogens is 238 g/mol. The summed E-state index contributed by atoms with van der Waals surface area (Å²) in [7, 11) is 0. The lowest BCUT2D eigenvalue weighted by molar-refractivity contribution is 0.472. The van der Waals surface area contributed by atoms with Crippen LogP contribution in [-0.4, -0.2) is 5.11 Å². The van der Waals surface area contributed by atoms with Crippen molar-refractivity contribution in [1.29, 1.82) is 0 Å². The third-order valence-corrected chi connectivity index (χ3v) is 2.89. The zero-order chi connectivity index (χ0) is 12.3. The molecule has 0 saturated carbocycles. The highest BCUT2D eigenvalue weighted by atomic mass is 35.5. The van der Waals surface area contributed by atoms with Gasteiger partial charge >= 0.3 is 0 Å². The lowest BCUT2D eigenvalue weighted by Crippen LogP contribution is -2.08. The van der Waals surface area contributed by atoms with E-state index >= 15 is 0 Å². The van der Waals surface area contributed by atoms with Crippen LogP contribution in [0.4, 0.5) is 5.69 Å². The first-order valence-electron chi connectivity index (χ1n) is 5.49. The lowest BCUT2D eigenvalue weighted by Gasteiger charge is -2.16. The highest BCUT2D eigenvalue weighted by molar-refractivity contribution is 6.32. The van der Waals surface area contributed by atoms with Gasteiger partial charge in [-0.3, -0.25) is 0 Å². The van der Waals surface area contributed by atoms with E-state index < -0.39 is 0 Å². The molecule has 0 fully saturated rings. The Kier molecular flexibility index (Phi) is 3.59. The van der Waals surface area contributed by atoms with Gasteiger partial charge in [-0.15, -0.1) is 0 Å². The standard InChI is InChI=1S/C13H14ClNO2/c1-2-11(13-4-3-7-17-13)15-9-5-6-12(16)10(14)8-9/h3-8,11,15-16H,2H2,1H3. The second-order valence-electron chi connectivity index (χ2n) is 3.79. The van der Waals surface area contributed by atoms with Gasteiger partial charge in [0.05, 0.1) is 17.3 Å². The van der Waals surface area contributed by atoms with Gasteiger partial charge in [-0.2, -0.15) is 0 Å². The number of anilines is 1. The number of benzene rings is 1. The van der Waals surface area contributed by atoms with Crippen molar-refractivity contribution in [2.75, 3.05) is 5.32 Å². The van der Waals surface area contributed by atoms with Gasteiger partial charge in [-0.1, -0.05) is 18.5 Å². The number of nitrogens with one attached hydrogen (secondary N) is 1. The normalized spacial score (nSPS) is 12.4. The topological polar surface area (TPSA) is 45.4 Å². The minimum Gasteiger partial charge on any atom is -0.506 e. The van der Waals surface area contributed by atoms with E-state index in [1.807, 2.05) is 12.1 Å². The molecule has 0 amide bonds. The van der Waals surface area contributed by atoms with E-state index in [4.69, 9.17) is 16.0 Å². The van der Waals surface area contributed by atoms with Crippen molar-refractivity contribution in [3.8, 4) is 5.75 Å². The summed E-state index contributed by atoms with van der Waals surface area (Å²) in [6.07, 6.45) is 2.55. The average molecular weight is 252 g/mol. The maximum atomic E-state index is 9.34. The van der Waals surface area contributed by atoms with Gasteiger partial charge in [0.1, 0.15) is 11.5 Å². The summed E-state index contributed by atoms with van der Waals surface area (Å²) in [4.78, 5) is 0. The Morgan fingerprint density at radius 1 is 1.41 bits per heavy atom. The number of hydrogen-bond acceptors (Lipinski definition) is 3. The molecule has 1 aromatic heterocycles. The quantitative estimate of drug-likeness (QED) is 0.801. The summed E-state index contributed by atoms with van der Waals surface area (Å²) in [5, 5.41) is 13.0. The van der Waals surface area contributed by atoms with E-state index in [1.54, 1.807) is 24.5 Å². The number of hydrogen-bond donors (Lipinski definition) is 2. The van der Waals surface area contributed by atoms with Gasteiger partial charge in [0.25, 0.3) is 0 Å². The van der Waals surface area contributed by atoms with Crippen LogP contribution in [0.5, 0.6) is 5.75 Å². The predicted molar refractivity (Wildman–Crippen MR) is 68.5 cm³/mol. The summed E-state index contributed by atoms with van der Waals surface area (Å²) < 4.78 is 5.37. The number of rotatable bonds is 4. The molecule has 0 aliphatic carbocycles. The van der Waals surface area contributed by atoms with Gasteiger partial charge < -0.3 is 14.8 Å². The Labute approximate surface area is 105 Å². The van der Waals surface area contributed by atoms with E-state index in [2.05, 4.69) is 12.2 Å². The molecule has 0 aliphatic heterocycles. The monoisotopic (exact) mass is 251 g/mol. The molecule has 0 saturated heterocycles. The summed E-state index contributed by atoms with van der Waals surface area (Å²) in [5.41, 5.74) is 0.857. The molecular formula is C13H14ClNO2. The summed E-state index contributed by atoms with van der Waals surface area (Å²) in [6, 6.07) is 8.95. The van der Waals surface area contributed by atoms with Crippen molar-refractivity contribution >= 4 is 17.3 Å². The van der Waals surface area contributed by atoms with E-state index in [0.717, 1.165) is 17.9 Å². The third-order valence-electron chi connectivity index (χ3n) is 2.58. The fourth-order valence-electron chi connectivity index (χ4n) is 1.66. The molecule has 1 heterocycles.